The fourth-order valence-electron chi connectivity index (χ4n) is 5.67. The predicted octanol–water partition coefficient (Wildman–Crippen LogP) is 4.61. The van der Waals surface area contributed by atoms with Gasteiger partial charge >= 0.3 is 0 Å². The number of rotatable bonds is 6. The fourth-order valence-corrected chi connectivity index (χ4v) is 5.67. The van der Waals surface area contributed by atoms with E-state index in [1.165, 1.54) is 5.69 Å². The molecule has 2 fully saturated rings. The number of hydrogen-bond acceptors (Lipinski definition) is 9. The van der Waals surface area contributed by atoms with Crippen molar-refractivity contribution in [1.82, 2.24) is 30.2 Å². The zero-order chi connectivity index (χ0) is 30.0. The number of likely N-dealkylation sites (N-methyl/N-ethyl adjacent to an activating group) is 1. The third-order valence-corrected chi connectivity index (χ3v) is 8.31. The molecule has 0 radical (unpaired) electrons. The minimum Gasteiger partial charge on any atom is -0.369 e. The van der Waals surface area contributed by atoms with Crippen LogP contribution in [0.4, 0.5) is 23.0 Å². The Labute approximate surface area is 253 Å². The highest BCUT2D eigenvalue weighted by molar-refractivity contribution is 5.93. The summed E-state index contributed by atoms with van der Waals surface area (Å²) in [6, 6.07) is 14.7. The first-order chi connectivity index (χ1) is 20.7. The summed E-state index contributed by atoms with van der Waals surface area (Å²) in [5, 5.41) is 7.72. The van der Waals surface area contributed by atoms with Crippen molar-refractivity contribution in [3.8, 4) is 0 Å². The number of hydrogen-bond donors (Lipinski definition) is 2. The molecule has 1 atom stereocenters. The Morgan fingerprint density at radius 2 is 1.72 bits per heavy atom. The van der Waals surface area contributed by atoms with Crippen LogP contribution in [0.15, 0.2) is 61.1 Å². The molecule has 43 heavy (non-hydrogen) atoms. The van der Waals surface area contributed by atoms with Gasteiger partial charge in [-0.05, 0) is 56.3 Å². The molecule has 1 amide bonds. The topological polar surface area (TPSA) is 102 Å². The molecule has 4 aromatic rings. The smallest absolute Gasteiger partial charge is 0.271 e. The summed E-state index contributed by atoms with van der Waals surface area (Å²) in [5.41, 5.74) is 4.12. The minimum absolute atomic E-state index is 0.0183. The Morgan fingerprint density at radius 1 is 0.930 bits per heavy atom. The SMILES string of the molecule is CN1CCN(c2ccc(Nc3nc(N4CCCC(NC(=O)c5cnc(C(C)(C)C)cn5)C4)cc4cccnc34)cc2)CC1. The van der Waals surface area contributed by atoms with E-state index in [1.807, 2.05) is 6.07 Å². The molecular formula is C33H41N9O. The van der Waals surface area contributed by atoms with Crippen LogP contribution >= 0.6 is 0 Å². The molecule has 0 spiro atoms. The molecule has 224 valence electrons. The van der Waals surface area contributed by atoms with Gasteiger partial charge in [0.1, 0.15) is 17.0 Å². The van der Waals surface area contributed by atoms with E-state index in [4.69, 9.17) is 4.98 Å². The van der Waals surface area contributed by atoms with Crippen LogP contribution in [0.3, 0.4) is 0 Å². The molecule has 2 aliphatic rings. The zero-order valence-corrected chi connectivity index (χ0v) is 25.5. The number of piperidine rings is 1. The minimum atomic E-state index is -0.196. The third-order valence-electron chi connectivity index (χ3n) is 8.31. The average molecular weight is 580 g/mol. The lowest BCUT2D eigenvalue weighted by Gasteiger charge is -2.34. The molecule has 6 rings (SSSR count). The van der Waals surface area contributed by atoms with Crippen molar-refractivity contribution in [1.29, 1.82) is 0 Å². The van der Waals surface area contributed by atoms with Crippen molar-refractivity contribution in [2.75, 3.05) is 61.4 Å². The summed E-state index contributed by atoms with van der Waals surface area (Å²) in [7, 11) is 2.17. The van der Waals surface area contributed by atoms with E-state index >= 15 is 0 Å². The molecule has 2 aliphatic heterocycles. The monoisotopic (exact) mass is 579 g/mol. The Bertz CT molecular complexity index is 1560. The van der Waals surface area contributed by atoms with Gasteiger partial charge in [0.15, 0.2) is 5.82 Å². The van der Waals surface area contributed by atoms with Crippen molar-refractivity contribution in [2.24, 2.45) is 0 Å². The largest absolute Gasteiger partial charge is 0.369 e. The zero-order valence-electron chi connectivity index (χ0n) is 25.5. The Morgan fingerprint density at radius 3 is 2.44 bits per heavy atom. The second kappa shape index (κ2) is 12.1. The quantitative estimate of drug-likeness (QED) is 0.339. The van der Waals surface area contributed by atoms with Gasteiger partial charge < -0.3 is 25.3 Å². The Kier molecular flexibility index (Phi) is 8.12. The second-order valence-corrected chi connectivity index (χ2v) is 12.7. The number of carbonyl (C=O) groups is 1. The van der Waals surface area contributed by atoms with Gasteiger partial charge in [0.25, 0.3) is 5.91 Å². The average Bonchev–Trinajstić information content (AvgIpc) is 3.01. The van der Waals surface area contributed by atoms with Gasteiger partial charge in [-0.1, -0.05) is 26.8 Å². The van der Waals surface area contributed by atoms with Crippen molar-refractivity contribution in [3.63, 3.8) is 0 Å². The first-order valence-corrected chi connectivity index (χ1v) is 15.2. The maximum atomic E-state index is 13.0. The number of benzene rings is 1. The lowest BCUT2D eigenvalue weighted by Crippen LogP contribution is -2.48. The van der Waals surface area contributed by atoms with Crippen molar-refractivity contribution in [2.45, 2.75) is 45.1 Å². The summed E-state index contributed by atoms with van der Waals surface area (Å²) in [5.74, 6) is 1.39. The summed E-state index contributed by atoms with van der Waals surface area (Å²) >= 11 is 0. The summed E-state index contributed by atoms with van der Waals surface area (Å²) in [6.45, 7) is 12.0. The van der Waals surface area contributed by atoms with Crippen LogP contribution in [0.25, 0.3) is 10.9 Å². The number of fused-ring (bicyclic) bond motifs is 1. The summed E-state index contributed by atoms with van der Waals surface area (Å²) in [4.78, 5) is 38.6. The van der Waals surface area contributed by atoms with Crippen molar-refractivity contribution >= 4 is 39.8 Å². The van der Waals surface area contributed by atoms with Gasteiger partial charge in [-0.25, -0.2) is 9.97 Å². The van der Waals surface area contributed by atoms with Crippen LogP contribution in [-0.4, -0.2) is 83.1 Å². The van der Waals surface area contributed by atoms with Gasteiger partial charge in [-0.15, -0.1) is 0 Å². The van der Waals surface area contributed by atoms with Crippen LogP contribution < -0.4 is 20.4 Å². The van der Waals surface area contributed by atoms with E-state index in [2.05, 4.69) is 105 Å². The summed E-state index contributed by atoms with van der Waals surface area (Å²) < 4.78 is 0. The Hall–Kier alpha value is -4.31. The normalized spacial score (nSPS) is 18.1. The maximum absolute atomic E-state index is 13.0. The predicted molar refractivity (Wildman–Crippen MR) is 172 cm³/mol. The molecular weight excluding hydrogens is 538 g/mol. The number of anilines is 4. The van der Waals surface area contributed by atoms with Crippen LogP contribution in [0.5, 0.6) is 0 Å². The number of carbonyl (C=O) groups excluding carboxylic acids is 1. The van der Waals surface area contributed by atoms with E-state index in [-0.39, 0.29) is 17.4 Å². The first-order valence-electron chi connectivity index (χ1n) is 15.2. The highest BCUT2D eigenvalue weighted by Crippen LogP contribution is 2.30. The number of amides is 1. The number of nitrogens with one attached hydrogen (secondary N) is 2. The van der Waals surface area contributed by atoms with Crippen molar-refractivity contribution in [3.05, 3.63) is 72.4 Å². The third kappa shape index (κ3) is 6.69. The van der Waals surface area contributed by atoms with E-state index < -0.39 is 0 Å². The number of pyridine rings is 2. The second-order valence-electron chi connectivity index (χ2n) is 12.7. The standard InChI is InChI=1S/C33H41N9O/c1-33(2,3)28-21-35-27(20-36-28)32(43)38-25-8-6-14-42(22-25)29-19-23-7-5-13-34-30(23)31(39-29)37-24-9-11-26(12-10-24)41-17-15-40(4)16-18-41/h5,7,9-13,19-21,25H,6,8,14-18,22H2,1-4H3,(H,37,39)(H,38,43). The number of aromatic nitrogens is 4. The van der Waals surface area contributed by atoms with Crippen LogP contribution in [0.1, 0.15) is 49.8 Å². The molecule has 5 heterocycles. The van der Waals surface area contributed by atoms with E-state index in [9.17, 15) is 4.79 Å². The lowest BCUT2D eigenvalue weighted by atomic mass is 9.93. The molecule has 2 N–H and O–H groups in total. The van der Waals surface area contributed by atoms with Crippen LogP contribution in [0.2, 0.25) is 0 Å². The number of piperazine rings is 1. The van der Waals surface area contributed by atoms with Crippen LogP contribution in [-0.2, 0) is 5.41 Å². The van der Waals surface area contributed by atoms with E-state index in [1.54, 1.807) is 18.6 Å². The van der Waals surface area contributed by atoms with Gasteiger partial charge in [0.2, 0.25) is 0 Å². The van der Waals surface area contributed by atoms with Crippen LogP contribution in [0, 0.1) is 0 Å². The van der Waals surface area contributed by atoms with Gasteiger partial charge in [-0.3, -0.25) is 14.8 Å². The van der Waals surface area contributed by atoms with E-state index in [0.29, 0.717) is 12.2 Å². The van der Waals surface area contributed by atoms with E-state index in [0.717, 1.165) is 79.5 Å². The molecule has 10 heteroatoms. The van der Waals surface area contributed by atoms with Gasteiger partial charge in [-0.2, -0.15) is 0 Å². The fraction of sp³-hybridized carbons (Fsp3) is 0.424. The number of nitrogens with zero attached hydrogens (tertiary/aromatic N) is 7. The molecule has 2 saturated heterocycles. The van der Waals surface area contributed by atoms with Crippen molar-refractivity contribution < 1.29 is 4.79 Å². The first kappa shape index (κ1) is 28.8. The maximum Gasteiger partial charge on any atom is 0.271 e. The Balaban J connectivity index is 1.17. The van der Waals surface area contributed by atoms with Gasteiger partial charge in [0, 0.05) is 79.9 Å². The van der Waals surface area contributed by atoms with Gasteiger partial charge in [0.05, 0.1) is 11.9 Å². The molecule has 1 aromatic carbocycles. The molecule has 0 bridgehead atoms. The highest BCUT2D eigenvalue weighted by Gasteiger charge is 2.25. The lowest BCUT2D eigenvalue weighted by molar-refractivity contribution is 0.0927. The molecule has 10 nitrogen and oxygen atoms in total. The molecule has 0 aliphatic carbocycles. The molecule has 1 unspecified atom stereocenters. The highest BCUT2D eigenvalue weighted by atomic mass is 16.2. The molecule has 3 aromatic heterocycles. The molecule has 0 saturated carbocycles. The summed E-state index contributed by atoms with van der Waals surface area (Å²) in [6.07, 6.45) is 6.92.